The quantitative estimate of drug-likeness (QED) is 0.194. The first-order valence-electron chi connectivity index (χ1n) is 14.4. The fraction of sp³-hybridized carbons (Fsp3) is 0.567. The molecule has 2 aromatic heterocycles. The Morgan fingerprint density at radius 1 is 1.10 bits per heavy atom. The molecule has 4 rings (SSSR count). The maximum Gasteiger partial charge on any atom is 0.222 e. The first-order chi connectivity index (χ1) is 19.1. The van der Waals surface area contributed by atoms with Crippen LogP contribution in [0.1, 0.15) is 57.6 Å². The minimum Gasteiger partial charge on any atom is -0.496 e. The van der Waals surface area contributed by atoms with Crippen molar-refractivity contribution in [2.45, 2.75) is 64.3 Å². The van der Waals surface area contributed by atoms with Crippen molar-refractivity contribution in [2.75, 3.05) is 57.4 Å². The topological polar surface area (TPSA) is 102 Å². The third-order valence-corrected chi connectivity index (χ3v) is 7.45. The van der Waals surface area contributed by atoms with E-state index in [-0.39, 0.29) is 16.5 Å². The highest BCUT2D eigenvalue weighted by atomic mass is 32.1. The summed E-state index contributed by atoms with van der Waals surface area (Å²) < 4.78 is 7.73. The van der Waals surface area contributed by atoms with Gasteiger partial charge in [-0.3, -0.25) is 14.6 Å². The lowest BCUT2D eigenvalue weighted by molar-refractivity contribution is -0.121. The molecular weight excluding hydrogens is 522 g/mol. The maximum atomic E-state index is 12.4. The lowest BCUT2D eigenvalue weighted by atomic mass is 10.1. The van der Waals surface area contributed by atoms with Gasteiger partial charge in [0.05, 0.1) is 25.7 Å². The number of hydrogen-bond donors (Lipinski definition) is 3. The average molecular weight is 568 g/mol. The molecule has 1 saturated heterocycles. The molecule has 0 unspecified atom stereocenters. The van der Waals surface area contributed by atoms with Crippen LogP contribution in [0, 0.1) is 0 Å². The van der Waals surface area contributed by atoms with E-state index in [0.717, 1.165) is 73.9 Å². The Bertz CT molecular complexity index is 1280. The molecule has 0 bridgehead atoms. The third-order valence-electron chi connectivity index (χ3n) is 7.29. The van der Waals surface area contributed by atoms with Gasteiger partial charge in [0.15, 0.2) is 5.82 Å². The zero-order chi connectivity index (χ0) is 28.7. The van der Waals surface area contributed by atoms with Crippen molar-refractivity contribution in [2.24, 2.45) is 0 Å². The third kappa shape index (κ3) is 8.34. The summed E-state index contributed by atoms with van der Waals surface area (Å²) in [5, 5.41) is 3.47. The Hall–Kier alpha value is -2.82. The number of rotatable bonds is 14. The van der Waals surface area contributed by atoms with E-state index in [1.54, 1.807) is 7.11 Å². The number of ether oxygens (including phenoxy) is 1. The van der Waals surface area contributed by atoms with Gasteiger partial charge in [0.2, 0.25) is 5.95 Å². The highest BCUT2D eigenvalue weighted by Gasteiger charge is 2.23. The van der Waals surface area contributed by atoms with E-state index >= 15 is 0 Å². The number of unbranched alkanes of at least 4 members (excludes halogenated alkanes) is 2. The highest BCUT2D eigenvalue weighted by molar-refractivity contribution is 7.81. The molecule has 9 nitrogen and oxygen atoms in total. The molecule has 3 aromatic rings. The summed E-state index contributed by atoms with van der Waals surface area (Å²) in [4.78, 5) is 26.0. The molecule has 10 heteroatoms. The molecule has 3 N–H and O–H groups in total. The van der Waals surface area contributed by atoms with Gasteiger partial charge in [-0.05, 0) is 24.1 Å². The number of hydrogen-bond acceptors (Lipinski definition) is 9. The molecule has 1 fully saturated rings. The van der Waals surface area contributed by atoms with Crippen LogP contribution in [0.25, 0.3) is 11.0 Å². The Kier molecular flexibility index (Phi) is 10.3. The molecular formula is C30H45N7O2S. The number of aromatic nitrogens is 3. The van der Waals surface area contributed by atoms with E-state index in [0.29, 0.717) is 19.5 Å². The van der Waals surface area contributed by atoms with Gasteiger partial charge < -0.3 is 20.4 Å². The number of benzene rings is 1. The van der Waals surface area contributed by atoms with Crippen LogP contribution in [0.5, 0.6) is 5.75 Å². The monoisotopic (exact) mass is 567 g/mol. The van der Waals surface area contributed by atoms with Crippen LogP contribution in [0.2, 0.25) is 0 Å². The Morgan fingerprint density at radius 3 is 2.55 bits per heavy atom. The van der Waals surface area contributed by atoms with Crippen molar-refractivity contribution in [1.29, 1.82) is 0 Å². The fourth-order valence-corrected chi connectivity index (χ4v) is 5.49. The standard InChI is InChI=1S/C30H45N7O2S/c1-5-6-7-11-32-28-27-25(33-29(31)34-28)10-12-37(27)20-23-9-8-22(17-26(23)39-4)19-35-13-15-36(16-14-35)21-24(38)18-30(2,3)40/h8-10,12,17,40H,5-7,11,13-16,18-21H2,1-4H3,(H3,31,32,33,34). The SMILES string of the molecule is CCCCCNc1nc(N)nc2ccn(Cc3ccc(CN4CCN(CC(=O)CC(C)(C)S)CC4)cc3OC)c12. The highest BCUT2D eigenvalue weighted by Crippen LogP contribution is 2.27. The summed E-state index contributed by atoms with van der Waals surface area (Å²) in [6, 6.07) is 8.47. The van der Waals surface area contributed by atoms with Crippen LogP contribution in [-0.2, 0) is 17.9 Å². The van der Waals surface area contributed by atoms with Crippen LogP contribution in [-0.4, -0.2) is 81.2 Å². The Labute approximate surface area is 243 Å². The molecule has 0 atom stereocenters. The summed E-state index contributed by atoms with van der Waals surface area (Å²) in [5.74, 6) is 2.18. The van der Waals surface area contributed by atoms with E-state index in [1.165, 1.54) is 18.4 Å². The molecule has 0 saturated carbocycles. The van der Waals surface area contributed by atoms with Gasteiger partial charge in [0, 0.05) is 62.2 Å². The molecule has 1 aromatic carbocycles. The predicted octanol–water partition coefficient (Wildman–Crippen LogP) is 4.46. The van der Waals surface area contributed by atoms with Crippen LogP contribution >= 0.6 is 12.6 Å². The van der Waals surface area contributed by atoms with Gasteiger partial charge in [0.1, 0.15) is 17.0 Å². The second-order valence-corrected chi connectivity index (χ2v) is 12.7. The van der Waals surface area contributed by atoms with Gasteiger partial charge in [-0.25, -0.2) is 4.98 Å². The van der Waals surface area contributed by atoms with Gasteiger partial charge >= 0.3 is 0 Å². The average Bonchev–Trinajstić information content (AvgIpc) is 3.29. The number of anilines is 2. The molecule has 40 heavy (non-hydrogen) atoms. The van der Waals surface area contributed by atoms with Crippen LogP contribution < -0.4 is 15.8 Å². The van der Waals surface area contributed by atoms with Crippen molar-refractivity contribution >= 4 is 41.2 Å². The molecule has 3 heterocycles. The number of carbonyl (C=O) groups excluding carboxylic acids is 1. The number of piperazine rings is 1. The van der Waals surface area contributed by atoms with Gasteiger partial charge in [0.25, 0.3) is 0 Å². The van der Waals surface area contributed by atoms with E-state index in [2.05, 4.69) is 67.4 Å². The van der Waals surface area contributed by atoms with E-state index in [4.69, 9.17) is 10.5 Å². The molecule has 0 spiro atoms. The number of ketones is 1. The summed E-state index contributed by atoms with van der Waals surface area (Å²) in [6.45, 7) is 12.7. The van der Waals surface area contributed by atoms with Crippen molar-refractivity contribution < 1.29 is 9.53 Å². The van der Waals surface area contributed by atoms with Crippen LogP contribution in [0.3, 0.4) is 0 Å². The Morgan fingerprint density at radius 2 is 1.85 bits per heavy atom. The minimum atomic E-state index is -0.256. The Balaban J connectivity index is 1.39. The van der Waals surface area contributed by atoms with Crippen LogP contribution in [0.4, 0.5) is 11.8 Å². The van der Waals surface area contributed by atoms with Gasteiger partial charge in [-0.15, -0.1) is 0 Å². The number of methoxy groups -OCH3 is 1. The largest absolute Gasteiger partial charge is 0.496 e. The molecule has 218 valence electrons. The van der Waals surface area contributed by atoms with Crippen molar-refractivity contribution in [3.8, 4) is 5.75 Å². The molecule has 0 aliphatic carbocycles. The van der Waals surface area contributed by atoms with Crippen molar-refractivity contribution in [3.05, 3.63) is 41.6 Å². The zero-order valence-electron chi connectivity index (χ0n) is 24.4. The second kappa shape index (κ2) is 13.7. The normalized spacial score (nSPS) is 15.0. The first-order valence-corrected chi connectivity index (χ1v) is 14.8. The lowest BCUT2D eigenvalue weighted by Crippen LogP contribution is -2.47. The number of fused-ring (bicyclic) bond motifs is 1. The van der Waals surface area contributed by atoms with Crippen molar-refractivity contribution in [1.82, 2.24) is 24.3 Å². The second-order valence-electron chi connectivity index (χ2n) is 11.5. The van der Waals surface area contributed by atoms with Crippen molar-refractivity contribution in [3.63, 3.8) is 0 Å². The first kappa shape index (κ1) is 30.1. The molecule has 1 aliphatic heterocycles. The number of nitrogens with two attached hydrogens (primary N) is 1. The smallest absolute Gasteiger partial charge is 0.222 e. The van der Waals surface area contributed by atoms with E-state index in [1.807, 2.05) is 26.1 Å². The van der Waals surface area contributed by atoms with Gasteiger partial charge in [-0.2, -0.15) is 17.6 Å². The number of nitrogen functional groups attached to an aromatic ring is 1. The molecule has 0 radical (unpaired) electrons. The summed E-state index contributed by atoms with van der Waals surface area (Å²) in [6.07, 6.45) is 5.96. The molecule has 1 aliphatic rings. The summed E-state index contributed by atoms with van der Waals surface area (Å²) in [5.41, 5.74) is 10.1. The number of nitrogens with zero attached hydrogens (tertiary/aromatic N) is 5. The number of carbonyl (C=O) groups is 1. The van der Waals surface area contributed by atoms with E-state index in [9.17, 15) is 4.79 Å². The molecule has 0 amide bonds. The summed E-state index contributed by atoms with van der Waals surface area (Å²) >= 11 is 4.50. The van der Waals surface area contributed by atoms with Crippen LogP contribution in [0.15, 0.2) is 30.5 Å². The maximum absolute atomic E-state index is 12.4. The number of Topliss-reactive ketones (excluding diaryl/α,β-unsaturated/α-hetero) is 1. The van der Waals surface area contributed by atoms with E-state index < -0.39 is 0 Å². The number of thiol groups is 1. The predicted molar refractivity (Wildman–Crippen MR) is 166 cm³/mol. The minimum absolute atomic E-state index is 0.256. The fourth-order valence-electron chi connectivity index (χ4n) is 5.31. The number of nitrogens with one attached hydrogen (secondary N) is 1. The lowest BCUT2D eigenvalue weighted by Gasteiger charge is -2.34. The summed E-state index contributed by atoms with van der Waals surface area (Å²) in [7, 11) is 1.73. The zero-order valence-corrected chi connectivity index (χ0v) is 25.3. The van der Waals surface area contributed by atoms with Gasteiger partial charge in [-0.1, -0.05) is 45.7 Å².